The van der Waals surface area contributed by atoms with Gasteiger partial charge in [0.1, 0.15) is 45.7 Å². The molecule has 0 heterocycles. The first-order chi connectivity index (χ1) is 23.0. The molecule has 0 saturated carbocycles. The Kier molecular flexibility index (Phi) is 15.2. The predicted molar refractivity (Wildman–Crippen MR) is 188 cm³/mol. The molecule has 0 amide bonds. The summed E-state index contributed by atoms with van der Waals surface area (Å²) in [4.78, 5) is 0. The van der Waals surface area contributed by atoms with E-state index in [1.54, 1.807) is 0 Å². The van der Waals surface area contributed by atoms with Gasteiger partial charge in [0.2, 0.25) is 0 Å². The molecule has 0 N–H and O–H groups in total. The van der Waals surface area contributed by atoms with E-state index in [1.807, 2.05) is 0 Å². The molecule has 48 heavy (non-hydrogen) atoms. The molecule has 6 nitrogen and oxygen atoms in total. The van der Waals surface area contributed by atoms with E-state index in [1.165, 1.54) is 21.2 Å². The number of benzene rings is 4. The topological polar surface area (TPSA) is 84.9 Å². The number of halogens is 3. The van der Waals surface area contributed by atoms with Crippen LogP contribution >= 0.6 is 7.26 Å². The summed E-state index contributed by atoms with van der Waals surface area (Å²) in [6.07, 6.45) is 6.54. The lowest BCUT2D eigenvalue weighted by Crippen LogP contribution is -2.38. The molecule has 4 aromatic rings. The molecule has 0 bridgehead atoms. The number of hydrogen-bond donors (Lipinski definition) is 0. The van der Waals surface area contributed by atoms with Crippen molar-refractivity contribution in [2.75, 3.05) is 19.8 Å². The second kappa shape index (κ2) is 18.8. The summed E-state index contributed by atoms with van der Waals surface area (Å²) in [6.45, 7) is 8.79. The smallest absolute Gasteiger partial charge is 0.485 e. The molecule has 0 aromatic heterocycles. The van der Waals surface area contributed by atoms with Crippen LogP contribution in [0.1, 0.15) is 59.3 Å². The van der Waals surface area contributed by atoms with E-state index in [0.29, 0.717) is 0 Å². The fourth-order valence-corrected chi connectivity index (χ4v) is 9.04. The van der Waals surface area contributed by atoms with Crippen LogP contribution in [-0.4, -0.2) is 38.3 Å². The van der Waals surface area contributed by atoms with Crippen molar-refractivity contribution in [1.29, 1.82) is 0 Å². The highest BCUT2D eigenvalue weighted by Crippen LogP contribution is 2.54. The van der Waals surface area contributed by atoms with Crippen LogP contribution in [0, 0.1) is 0 Å². The molecule has 260 valence electrons. The number of alkyl halides is 3. The molecule has 0 spiro atoms. The fraction of sp³-hybridized carbons (Fsp3) is 0.351. The average Bonchev–Trinajstić information content (AvgIpc) is 3.07. The third kappa shape index (κ3) is 10.7. The maximum Gasteiger partial charge on any atom is 0.485 e. The summed E-state index contributed by atoms with van der Waals surface area (Å²) in [5.74, 6) is 2.76. The average molecular weight is 705 g/mol. The Morgan fingerprint density at radius 2 is 0.812 bits per heavy atom. The van der Waals surface area contributed by atoms with Gasteiger partial charge in [0.15, 0.2) is 10.1 Å². The molecule has 0 aliphatic carbocycles. The Morgan fingerprint density at radius 1 is 0.542 bits per heavy atom. The summed E-state index contributed by atoms with van der Waals surface area (Å²) < 4.78 is 77.0. The molecule has 0 fully saturated rings. The summed E-state index contributed by atoms with van der Waals surface area (Å²) in [6, 6.07) is 37.3. The monoisotopic (exact) mass is 704 g/mol. The van der Waals surface area contributed by atoms with Crippen LogP contribution in [0.2, 0.25) is 0 Å². The van der Waals surface area contributed by atoms with E-state index in [-0.39, 0.29) is 0 Å². The quantitative estimate of drug-likeness (QED) is 0.0511. The zero-order valence-corrected chi connectivity index (χ0v) is 29.3. The Morgan fingerprint density at radius 3 is 1.06 bits per heavy atom. The molecule has 0 saturated heterocycles. The van der Waals surface area contributed by atoms with Crippen LogP contribution < -0.4 is 35.4 Å². The Hall–Kier alpha value is -3.59. The third-order valence-corrected chi connectivity index (χ3v) is 12.3. The zero-order chi connectivity index (χ0) is 35.0. The van der Waals surface area contributed by atoms with E-state index in [4.69, 9.17) is 27.2 Å². The maximum atomic E-state index is 10.7. The molecule has 4 aromatic carbocycles. The first kappa shape index (κ1) is 38.9. The minimum absolute atomic E-state index is 0.744. The van der Waals surface area contributed by atoms with Gasteiger partial charge in [-0.15, -0.1) is 0 Å². The SMILES string of the molecule is CCCCOc1ccc([P+](c2ccccc2)(c2ccc(OCCCC)cc2)c2ccc(OCCCC)cc2)cc1.O=S(=O)([O-])C(F)(F)F. The van der Waals surface area contributed by atoms with Crippen LogP contribution in [0.15, 0.2) is 103 Å². The van der Waals surface area contributed by atoms with Crippen molar-refractivity contribution in [1.82, 2.24) is 0 Å². The van der Waals surface area contributed by atoms with Crippen LogP contribution in [0.25, 0.3) is 0 Å². The zero-order valence-electron chi connectivity index (χ0n) is 27.6. The summed E-state index contributed by atoms with van der Waals surface area (Å²) in [5, 5.41) is 5.19. The van der Waals surface area contributed by atoms with Crippen molar-refractivity contribution < 1.29 is 40.4 Å². The van der Waals surface area contributed by atoms with Gasteiger partial charge in [0.05, 0.1) is 19.8 Å². The summed E-state index contributed by atoms with van der Waals surface area (Å²) in [5.41, 5.74) is -5.65. The van der Waals surface area contributed by atoms with Crippen LogP contribution in [0.3, 0.4) is 0 Å². The number of rotatable bonds is 16. The molecule has 0 radical (unpaired) electrons. The Bertz CT molecular complexity index is 1470. The Balaban J connectivity index is 0.000000694. The van der Waals surface area contributed by atoms with Crippen molar-refractivity contribution in [2.24, 2.45) is 0 Å². The van der Waals surface area contributed by atoms with E-state index in [2.05, 4.69) is 124 Å². The number of unbranched alkanes of at least 4 members (excludes halogenated alkanes) is 3. The number of hydrogen-bond acceptors (Lipinski definition) is 6. The van der Waals surface area contributed by atoms with Crippen LogP contribution in [-0.2, 0) is 10.1 Å². The molecule has 0 aliphatic rings. The first-order valence-electron chi connectivity index (χ1n) is 16.1. The molecule has 11 heteroatoms. The lowest BCUT2D eigenvalue weighted by atomic mass is 10.3. The molecular weight excluding hydrogens is 660 g/mol. The minimum atomic E-state index is -6.09. The molecule has 4 rings (SSSR count). The minimum Gasteiger partial charge on any atom is -0.741 e. The Labute approximate surface area is 283 Å². The highest BCUT2D eigenvalue weighted by molar-refractivity contribution is 8.01. The van der Waals surface area contributed by atoms with Gasteiger partial charge in [-0.1, -0.05) is 58.2 Å². The normalized spacial score (nSPS) is 11.7. The second-order valence-corrected chi connectivity index (χ2v) is 15.8. The van der Waals surface area contributed by atoms with Crippen molar-refractivity contribution in [3.8, 4) is 17.2 Å². The highest BCUT2D eigenvalue weighted by Gasteiger charge is 2.48. The molecular formula is C37H44F3O6PS. The van der Waals surface area contributed by atoms with Gasteiger partial charge in [0, 0.05) is 0 Å². The van der Waals surface area contributed by atoms with E-state index >= 15 is 0 Å². The van der Waals surface area contributed by atoms with Crippen molar-refractivity contribution >= 4 is 38.6 Å². The maximum absolute atomic E-state index is 10.7. The lowest BCUT2D eigenvalue weighted by molar-refractivity contribution is -0.0517. The molecule has 0 atom stereocenters. The van der Waals surface area contributed by atoms with E-state index < -0.39 is 22.9 Å². The van der Waals surface area contributed by atoms with Crippen molar-refractivity contribution in [3.63, 3.8) is 0 Å². The predicted octanol–water partition coefficient (Wildman–Crippen LogP) is 7.89. The second-order valence-electron chi connectivity index (χ2n) is 11.0. The molecule has 0 unspecified atom stereocenters. The van der Waals surface area contributed by atoms with Gasteiger partial charge in [-0.05, 0) is 104 Å². The van der Waals surface area contributed by atoms with Crippen LogP contribution in [0.4, 0.5) is 13.2 Å². The third-order valence-electron chi connectivity index (χ3n) is 7.40. The van der Waals surface area contributed by atoms with Gasteiger partial charge >= 0.3 is 5.51 Å². The van der Waals surface area contributed by atoms with Gasteiger partial charge in [-0.2, -0.15) is 13.2 Å². The van der Waals surface area contributed by atoms with Crippen LogP contribution in [0.5, 0.6) is 17.2 Å². The summed E-state index contributed by atoms with van der Waals surface area (Å²) in [7, 11) is -8.32. The van der Waals surface area contributed by atoms with Gasteiger partial charge < -0.3 is 18.8 Å². The van der Waals surface area contributed by atoms with Crippen molar-refractivity contribution in [3.05, 3.63) is 103 Å². The lowest BCUT2D eigenvalue weighted by Gasteiger charge is -2.28. The fourth-order valence-electron chi connectivity index (χ4n) is 4.85. The van der Waals surface area contributed by atoms with E-state index in [0.717, 1.165) is 75.6 Å². The van der Waals surface area contributed by atoms with E-state index in [9.17, 15) is 13.2 Å². The number of ether oxygens (including phenoxy) is 3. The molecule has 0 aliphatic heterocycles. The largest absolute Gasteiger partial charge is 0.741 e. The standard InChI is InChI=1S/C36H44O3P.CHF3O3S/c1-4-7-27-37-30-15-21-34(22-16-30)40(33-13-11-10-12-14-33,35-23-17-31(18-24-35)38-28-8-5-2)36-25-19-32(20-26-36)39-29-9-6-3;2-1(3,4)8(5,6)7/h10-26H,4-9,27-29H2,1-3H3;(H,5,6,7)/q+1;/p-1. The van der Waals surface area contributed by atoms with Gasteiger partial charge in [-0.3, -0.25) is 0 Å². The highest BCUT2D eigenvalue weighted by atomic mass is 32.2. The van der Waals surface area contributed by atoms with Gasteiger partial charge in [0.25, 0.3) is 0 Å². The first-order valence-corrected chi connectivity index (χ1v) is 19.3. The summed E-state index contributed by atoms with van der Waals surface area (Å²) >= 11 is 0. The van der Waals surface area contributed by atoms with Crippen molar-refractivity contribution in [2.45, 2.75) is 64.8 Å². The van der Waals surface area contributed by atoms with Gasteiger partial charge in [-0.25, -0.2) is 8.42 Å².